The summed E-state index contributed by atoms with van der Waals surface area (Å²) in [6.45, 7) is 5.74. The van der Waals surface area contributed by atoms with Gasteiger partial charge in [-0.05, 0) is 19.0 Å². The summed E-state index contributed by atoms with van der Waals surface area (Å²) in [5.74, 6) is -0.283. The maximum Gasteiger partial charge on any atom is 0.270 e. The molecule has 1 amide bonds. The molecule has 1 rings (SSSR count). The Kier molecular flexibility index (Phi) is 7.71. The molecule has 0 bridgehead atoms. The number of aryl methyl sites for hydroxylation is 1. The number of halogens is 1. The Labute approximate surface area is 118 Å². The Morgan fingerprint density at radius 2 is 2.05 bits per heavy atom. The van der Waals surface area contributed by atoms with Crippen LogP contribution in [0.1, 0.15) is 22.8 Å². The first-order chi connectivity index (χ1) is 8.56. The van der Waals surface area contributed by atoms with Gasteiger partial charge in [0.15, 0.2) is 0 Å². The van der Waals surface area contributed by atoms with Crippen LogP contribution in [0, 0.1) is 17.0 Å². The molecule has 1 aromatic rings. The average Bonchev–Trinajstić information content (AvgIpc) is 2.34. The quantitative estimate of drug-likeness (QED) is 0.473. The minimum atomic E-state index is -0.505. The Morgan fingerprint density at radius 3 is 2.63 bits per heavy atom. The van der Waals surface area contributed by atoms with Crippen LogP contribution < -0.4 is 10.6 Å². The smallest absolute Gasteiger partial charge is 0.270 e. The van der Waals surface area contributed by atoms with E-state index in [4.69, 9.17) is 0 Å². The van der Waals surface area contributed by atoms with Crippen LogP contribution in [0.2, 0.25) is 0 Å². The summed E-state index contributed by atoms with van der Waals surface area (Å²) in [5.41, 5.74) is 1.000. The summed E-state index contributed by atoms with van der Waals surface area (Å²) >= 11 is 0. The summed E-state index contributed by atoms with van der Waals surface area (Å²) in [4.78, 5) is 22.0. The monoisotopic (exact) mass is 287 g/mol. The minimum Gasteiger partial charge on any atom is -0.351 e. The van der Waals surface area contributed by atoms with Gasteiger partial charge < -0.3 is 10.6 Å². The van der Waals surface area contributed by atoms with Crippen LogP contribution in [-0.4, -0.2) is 30.5 Å². The third-order valence-electron chi connectivity index (χ3n) is 2.51. The highest BCUT2D eigenvalue weighted by Crippen LogP contribution is 2.17. The van der Waals surface area contributed by atoms with E-state index in [9.17, 15) is 14.9 Å². The molecule has 0 atom stereocenters. The lowest BCUT2D eigenvalue weighted by molar-refractivity contribution is -0.384. The van der Waals surface area contributed by atoms with E-state index in [1.54, 1.807) is 13.0 Å². The van der Waals surface area contributed by atoms with E-state index in [2.05, 4.69) is 10.6 Å². The predicted octanol–water partition coefficient (Wildman–Crippen LogP) is 1.66. The van der Waals surface area contributed by atoms with Gasteiger partial charge >= 0.3 is 0 Å². The number of hydrogen-bond acceptors (Lipinski definition) is 4. The summed E-state index contributed by atoms with van der Waals surface area (Å²) in [7, 11) is 0. The molecule has 6 nitrogen and oxygen atoms in total. The third kappa shape index (κ3) is 5.23. The number of benzene rings is 1. The van der Waals surface area contributed by atoms with Crippen molar-refractivity contribution in [1.29, 1.82) is 0 Å². The number of carbonyl (C=O) groups is 1. The predicted molar refractivity (Wildman–Crippen MR) is 76.0 cm³/mol. The van der Waals surface area contributed by atoms with Crippen LogP contribution in [0.4, 0.5) is 5.69 Å². The lowest BCUT2D eigenvalue weighted by Gasteiger charge is -2.07. The van der Waals surface area contributed by atoms with E-state index in [0.29, 0.717) is 18.7 Å². The van der Waals surface area contributed by atoms with Crippen molar-refractivity contribution in [2.24, 2.45) is 0 Å². The Morgan fingerprint density at radius 1 is 1.37 bits per heavy atom. The van der Waals surface area contributed by atoms with Crippen LogP contribution in [0.25, 0.3) is 0 Å². The van der Waals surface area contributed by atoms with Gasteiger partial charge in [-0.1, -0.05) is 13.0 Å². The number of amides is 1. The van der Waals surface area contributed by atoms with Gasteiger partial charge in [-0.2, -0.15) is 0 Å². The molecule has 0 aliphatic rings. The summed E-state index contributed by atoms with van der Waals surface area (Å²) in [6.07, 6.45) is 0. The fraction of sp³-hybridized carbons (Fsp3) is 0.417. The first kappa shape index (κ1) is 17.3. The fourth-order valence-corrected chi connectivity index (χ4v) is 1.50. The number of carbonyl (C=O) groups excluding carboxylic acids is 1. The number of likely N-dealkylation sites (N-methyl/N-ethyl adjacent to an activating group) is 1. The number of rotatable bonds is 6. The zero-order valence-corrected chi connectivity index (χ0v) is 11.8. The Bertz CT molecular complexity index is 452. The highest BCUT2D eigenvalue weighted by atomic mass is 35.5. The second-order valence-corrected chi connectivity index (χ2v) is 3.87. The minimum absolute atomic E-state index is 0. The Balaban J connectivity index is 0.00000324. The second kappa shape index (κ2) is 8.44. The van der Waals surface area contributed by atoms with Crippen LogP contribution in [0.3, 0.4) is 0 Å². The number of nitrogens with one attached hydrogen (secondary N) is 2. The first-order valence-corrected chi connectivity index (χ1v) is 5.80. The lowest BCUT2D eigenvalue weighted by Crippen LogP contribution is -2.32. The van der Waals surface area contributed by atoms with E-state index in [1.807, 2.05) is 6.92 Å². The molecule has 0 aliphatic carbocycles. The number of nitro groups is 1. The maximum absolute atomic E-state index is 11.8. The molecule has 19 heavy (non-hydrogen) atoms. The van der Waals surface area contributed by atoms with Gasteiger partial charge in [-0.25, -0.2) is 0 Å². The van der Waals surface area contributed by atoms with Crippen LogP contribution >= 0.6 is 12.4 Å². The van der Waals surface area contributed by atoms with Crippen LogP contribution in [-0.2, 0) is 0 Å². The summed E-state index contributed by atoms with van der Waals surface area (Å²) < 4.78 is 0. The molecule has 7 heteroatoms. The maximum atomic E-state index is 11.8. The molecule has 0 fully saturated rings. The van der Waals surface area contributed by atoms with Crippen molar-refractivity contribution in [2.75, 3.05) is 19.6 Å². The first-order valence-electron chi connectivity index (χ1n) is 5.80. The molecule has 0 heterocycles. The third-order valence-corrected chi connectivity index (χ3v) is 2.51. The van der Waals surface area contributed by atoms with E-state index >= 15 is 0 Å². The molecule has 1 aromatic carbocycles. The van der Waals surface area contributed by atoms with Crippen molar-refractivity contribution in [3.8, 4) is 0 Å². The van der Waals surface area contributed by atoms with Crippen molar-refractivity contribution in [1.82, 2.24) is 10.6 Å². The normalized spacial score (nSPS) is 9.58. The zero-order chi connectivity index (χ0) is 13.5. The van der Waals surface area contributed by atoms with Gasteiger partial charge in [0, 0.05) is 30.8 Å². The average molecular weight is 288 g/mol. The van der Waals surface area contributed by atoms with Crippen molar-refractivity contribution < 1.29 is 9.72 Å². The van der Waals surface area contributed by atoms with Crippen molar-refractivity contribution >= 4 is 24.0 Å². The molecule has 0 saturated heterocycles. The van der Waals surface area contributed by atoms with E-state index in [0.717, 1.165) is 12.1 Å². The molecule has 106 valence electrons. The van der Waals surface area contributed by atoms with E-state index in [-0.39, 0.29) is 24.0 Å². The van der Waals surface area contributed by atoms with Crippen molar-refractivity contribution in [3.63, 3.8) is 0 Å². The highest BCUT2D eigenvalue weighted by molar-refractivity contribution is 5.96. The number of nitrogens with zero attached hydrogens (tertiary/aromatic N) is 1. The van der Waals surface area contributed by atoms with Gasteiger partial charge in [0.1, 0.15) is 0 Å². The molecule has 0 unspecified atom stereocenters. The number of nitro benzene ring substituents is 1. The Hall–Kier alpha value is -1.66. The summed E-state index contributed by atoms with van der Waals surface area (Å²) in [5, 5.41) is 16.4. The molecule has 0 spiro atoms. The van der Waals surface area contributed by atoms with Gasteiger partial charge in [0.2, 0.25) is 0 Å². The van der Waals surface area contributed by atoms with Crippen LogP contribution in [0.5, 0.6) is 0 Å². The van der Waals surface area contributed by atoms with Gasteiger partial charge in [0.05, 0.1) is 4.92 Å². The standard InChI is InChI=1S/C12H17N3O3.ClH/c1-3-13-6-7-14-12(16)11-8-10(15(17)18)5-4-9(11)2;/h4-5,8,13H,3,6-7H2,1-2H3,(H,14,16);1H. The second-order valence-electron chi connectivity index (χ2n) is 3.87. The largest absolute Gasteiger partial charge is 0.351 e. The molecule has 0 aliphatic heterocycles. The number of hydrogen-bond donors (Lipinski definition) is 2. The topological polar surface area (TPSA) is 84.3 Å². The van der Waals surface area contributed by atoms with Crippen molar-refractivity contribution in [3.05, 3.63) is 39.4 Å². The molecule has 0 radical (unpaired) electrons. The SMILES string of the molecule is CCNCCNC(=O)c1cc([N+](=O)[O-])ccc1C.Cl. The van der Waals surface area contributed by atoms with E-state index < -0.39 is 4.92 Å². The summed E-state index contributed by atoms with van der Waals surface area (Å²) in [6, 6.07) is 4.28. The molecular weight excluding hydrogens is 270 g/mol. The number of non-ortho nitro benzene ring substituents is 1. The highest BCUT2D eigenvalue weighted by Gasteiger charge is 2.13. The molecule has 0 saturated carbocycles. The van der Waals surface area contributed by atoms with Gasteiger partial charge in [0.25, 0.3) is 11.6 Å². The van der Waals surface area contributed by atoms with Gasteiger partial charge in [-0.15, -0.1) is 12.4 Å². The van der Waals surface area contributed by atoms with E-state index in [1.165, 1.54) is 12.1 Å². The van der Waals surface area contributed by atoms with Crippen LogP contribution in [0.15, 0.2) is 18.2 Å². The molecule has 2 N–H and O–H groups in total. The molecular formula is C12H18ClN3O3. The zero-order valence-electron chi connectivity index (χ0n) is 10.9. The fourth-order valence-electron chi connectivity index (χ4n) is 1.50. The van der Waals surface area contributed by atoms with Gasteiger partial charge in [-0.3, -0.25) is 14.9 Å². The lowest BCUT2D eigenvalue weighted by atomic mass is 10.1. The van der Waals surface area contributed by atoms with Crippen molar-refractivity contribution in [2.45, 2.75) is 13.8 Å². The molecule has 0 aromatic heterocycles.